The van der Waals surface area contributed by atoms with Crippen LogP contribution in [-0.4, -0.2) is 118 Å². The molecule has 0 radical (unpaired) electrons. The lowest BCUT2D eigenvalue weighted by molar-refractivity contribution is -0.126. The van der Waals surface area contributed by atoms with Crippen molar-refractivity contribution in [3.8, 4) is 0 Å². The fourth-order valence-corrected chi connectivity index (χ4v) is 10.2. The number of aromatic carboxylic acids is 2. The number of carboxylic acids is 2. The van der Waals surface area contributed by atoms with Gasteiger partial charge in [0, 0.05) is 69.7 Å². The van der Waals surface area contributed by atoms with Crippen LogP contribution < -0.4 is 20.7 Å². The van der Waals surface area contributed by atoms with Crippen molar-refractivity contribution >= 4 is 80.5 Å². The van der Waals surface area contributed by atoms with Gasteiger partial charge >= 0.3 is 18.0 Å². The fraction of sp³-hybridized carbons (Fsp3) is 0.405. The number of carbonyl (C=O) groups is 4. The number of nitrogens with zero attached hydrogens (tertiary/aromatic N) is 6. The van der Waals surface area contributed by atoms with E-state index in [2.05, 4.69) is 0 Å². The van der Waals surface area contributed by atoms with Gasteiger partial charge in [-0.05, 0) is 45.0 Å². The van der Waals surface area contributed by atoms with Crippen molar-refractivity contribution in [1.82, 2.24) is 18.9 Å². The van der Waals surface area contributed by atoms with Gasteiger partial charge in [0.05, 0.1) is 43.2 Å². The Bertz CT molecular complexity index is 2510. The number of pyridine rings is 2. The van der Waals surface area contributed by atoms with E-state index in [0.29, 0.717) is 47.3 Å². The van der Waals surface area contributed by atoms with Crippen LogP contribution >= 0.6 is 23.5 Å². The Hall–Kier alpha value is -5.14. The second-order valence-corrected chi connectivity index (χ2v) is 16.8. The molecule has 4 aliphatic rings. The highest BCUT2D eigenvalue weighted by molar-refractivity contribution is 8.00. The molecule has 2 aromatic heterocycles. The average Bonchev–Trinajstić information content (AvgIpc) is 3.14. The first-order valence-corrected chi connectivity index (χ1v) is 19.7. The summed E-state index contributed by atoms with van der Waals surface area (Å²) >= 11 is 2.53. The molecule has 0 bridgehead atoms. The molecule has 4 aliphatic heterocycles. The summed E-state index contributed by atoms with van der Waals surface area (Å²) in [4.78, 5) is 82.5. The molecule has 2 aromatic carbocycles. The zero-order chi connectivity index (χ0) is 39.9. The number of Topliss-reactive ketones (excluding diaryl/α,β-unsaturated/α-hetero) is 1. The molecule has 2 N–H and O–H groups in total. The van der Waals surface area contributed by atoms with Crippen LogP contribution in [0.3, 0.4) is 0 Å². The maximum atomic E-state index is 15.5. The predicted octanol–water partition coefficient (Wildman–Crippen LogP) is 4.28. The normalized spacial score (nSPS) is 19.9. The molecule has 2 saturated heterocycles. The zero-order valence-corrected chi connectivity index (χ0v) is 32.0. The van der Waals surface area contributed by atoms with E-state index < -0.39 is 46.6 Å². The van der Waals surface area contributed by atoms with Crippen LogP contribution in [0.15, 0.2) is 43.9 Å². The van der Waals surface area contributed by atoms with Crippen molar-refractivity contribution in [2.45, 2.75) is 47.7 Å². The van der Waals surface area contributed by atoms with Gasteiger partial charge in [0.1, 0.15) is 22.8 Å². The van der Waals surface area contributed by atoms with Gasteiger partial charge in [-0.3, -0.25) is 19.3 Å². The molecule has 3 atom stereocenters. The molecule has 3 unspecified atom stereocenters. The second kappa shape index (κ2) is 14.1. The summed E-state index contributed by atoms with van der Waals surface area (Å²) in [5, 5.41) is 19.6. The Labute approximate surface area is 325 Å². The number of benzene rings is 2. The molecule has 1 amide bonds. The van der Waals surface area contributed by atoms with Gasteiger partial charge in [-0.15, -0.1) is 0 Å². The number of ether oxygens (including phenoxy) is 1. The number of carboxylic acid groups (broad SMARTS) is 2. The number of carbonyl (C=O) groups excluding carboxylic acids is 2. The summed E-state index contributed by atoms with van der Waals surface area (Å²) < 4.78 is 40.1. The Morgan fingerprint density at radius 1 is 0.732 bits per heavy atom. The lowest BCUT2D eigenvalue weighted by Crippen LogP contribution is -2.53. The average molecular weight is 811 g/mol. The zero-order valence-electron chi connectivity index (χ0n) is 30.4. The van der Waals surface area contributed by atoms with Gasteiger partial charge in [-0.2, -0.15) is 0 Å². The summed E-state index contributed by atoms with van der Waals surface area (Å²) in [6.07, 6.45) is -1.76. The van der Waals surface area contributed by atoms with E-state index in [9.17, 15) is 39.0 Å². The first-order valence-electron chi connectivity index (χ1n) is 18.0. The highest BCUT2D eigenvalue weighted by Gasteiger charge is 2.36. The van der Waals surface area contributed by atoms with Crippen molar-refractivity contribution in [3.63, 3.8) is 0 Å². The van der Waals surface area contributed by atoms with Gasteiger partial charge in [0.15, 0.2) is 11.9 Å². The molecule has 0 spiro atoms. The molecule has 15 nitrogen and oxygen atoms in total. The van der Waals surface area contributed by atoms with Crippen molar-refractivity contribution in [1.29, 1.82) is 0 Å². The molecular formula is C37H36F2N6O9S2. The van der Waals surface area contributed by atoms with Crippen LogP contribution in [0.4, 0.5) is 25.0 Å². The minimum atomic E-state index is -1.36. The predicted molar refractivity (Wildman–Crippen MR) is 205 cm³/mol. The third-order valence-electron chi connectivity index (χ3n) is 10.9. The van der Waals surface area contributed by atoms with Crippen LogP contribution in [0.25, 0.3) is 21.8 Å². The van der Waals surface area contributed by atoms with Crippen LogP contribution in [0, 0.1) is 11.6 Å². The van der Waals surface area contributed by atoms with E-state index in [4.69, 9.17) is 4.74 Å². The van der Waals surface area contributed by atoms with Gasteiger partial charge in [-0.25, -0.2) is 23.2 Å². The number of halogens is 2. The Morgan fingerprint density at radius 3 is 1.55 bits per heavy atom. The molecule has 0 aliphatic carbocycles. The monoisotopic (exact) mass is 810 g/mol. The number of piperazine rings is 2. The fourth-order valence-electron chi connectivity index (χ4n) is 7.91. The third-order valence-corrected chi connectivity index (χ3v) is 13.2. The number of aromatic nitrogens is 2. The van der Waals surface area contributed by atoms with Crippen LogP contribution in [0.5, 0.6) is 0 Å². The third kappa shape index (κ3) is 6.15. The molecule has 56 heavy (non-hydrogen) atoms. The standard InChI is InChI=1S/C37H36F2N6O9S2/c1-17(46)28(16-40-4-6-41(7-5-40)26-14-24-20(12-22(26)38)31(47)29(35(49)50)33-44(24)18(2)55-33)54-37(53)43-10-8-42(9-11-43)27-15-25-21(13-23(27)39)32(48)30(36(51)52)34-45(25)19(3)56-34/h12-15,18-19,28H,4-11,16H2,1-3H3,(H,49,50)(H,51,52). The lowest BCUT2D eigenvalue weighted by atomic mass is 10.1. The number of fused-ring (bicyclic) bond motifs is 6. The number of thioether (sulfide) groups is 2. The number of ketones is 1. The Kier molecular flexibility index (Phi) is 9.51. The van der Waals surface area contributed by atoms with E-state index in [1.54, 1.807) is 26.2 Å². The smallest absolute Gasteiger partial charge is 0.410 e. The molecular weight excluding hydrogens is 775 g/mol. The number of hydrogen-bond donors (Lipinski definition) is 2. The Morgan fingerprint density at radius 2 is 1.16 bits per heavy atom. The molecule has 8 rings (SSSR count). The molecule has 294 valence electrons. The summed E-state index contributed by atoms with van der Waals surface area (Å²) in [6, 6.07) is 5.31. The SMILES string of the molecule is CC(=O)C(CN1CCN(c2cc3c(cc2F)c(=O)c(C(=O)O)c2n3C(C)S2)CC1)OC(=O)N1CCN(c2cc3c(cc2F)c(=O)c(C(=O)O)c2n3C(C)S2)CC1. The Balaban J connectivity index is 0.900. The number of anilines is 2. The molecule has 0 saturated carbocycles. The van der Waals surface area contributed by atoms with E-state index in [0.717, 1.165) is 12.1 Å². The van der Waals surface area contributed by atoms with E-state index >= 15 is 8.78 Å². The summed E-state index contributed by atoms with van der Waals surface area (Å²) in [5.41, 5.74) is -0.804. The van der Waals surface area contributed by atoms with Crippen molar-refractivity contribution in [3.05, 3.63) is 67.5 Å². The lowest BCUT2D eigenvalue weighted by Gasteiger charge is -2.39. The maximum Gasteiger partial charge on any atom is 0.410 e. The highest BCUT2D eigenvalue weighted by Crippen LogP contribution is 2.48. The van der Waals surface area contributed by atoms with Crippen LogP contribution in [0.1, 0.15) is 52.2 Å². The van der Waals surface area contributed by atoms with E-state index in [1.165, 1.54) is 35.3 Å². The molecule has 19 heteroatoms. The van der Waals surface area contributed by atoms with E-state index in [-0.39, 0.29) is 82.5 Å². The minimum Gasteiger partial charge on any atom is -0.477 e. The van der Waals surface area contributed by atoms with Crippen molar-refractivity contribution in [2.24, 2.45) is 0 Å². The summed E-state index contributed by atoms with van der Waals surface area (Å²) in [7, 11) is 0. The van der Waals surface area contributed by atoms with Crippen LogP contribution in [0.2, 0.25) is 0 Å². The molecule has 6 heterocycles. The quantitative estimate of drug-likeness (QED) is 0.258. The van der Waals surface area contributed by atoms with Gasteiger partial charge < -0.3 is 38.8 Å². The van der Waals surface area contributed by atoms with Crippen LogP contribution in [-0.2, 0) is 9.53 Å². The maximum absolute atomic E-state index is 15.5. The van der Waals surface area contributed by atoms with E-state index in [1.807, 2.05) is 23.6 Å². The van der Waals surface area contributed by atoms with Crippen molar-refractivity contribution in [2.75, 3.05) is 68.7 Å². The minimum absolute atomic E-state index is 0.00335. The number of rotatable bonds is 8. The van der Waals surface area contributed by atoms with Gasteiger partial charge in [-0.1, -0.05) is 23.5 Å². The first kappa shape index (κ1) is 37.8. The molecule has 2 fully saturated rings. The first-order chi connectivity index (χ1) is 26.6. The summed E-state index contributed by atoms with van der Waals surface area (Å²) in [5.74, 6) is -4.40. The summed E-state index contributed by atoms with van der Waals surface area (Å²) in [6.45, 7) is 7.59. The largest absolute Gasteiger partial charge is 0.477 e. The number of amides is 1. The molecule has 4 aromatic rings. The van der Waals surface area contributed by atoms with Gasteiger partial charge in [0.2, 0.25) is 10.9 Å². The second-order valence-electron chi connectivity index (χ2n) is 14.2. The number of hydrogen-bond acceptors (Lipinski definition) is 12. The highest BCUT2D eigenvalue weighted by atomic mass is 32.2. The van der Waals surface area contributed by atoms with Crippen molar-refractivity contribution < 1.29 is 42.9 Å². The topological polar surface area (TPSA) is 175 Å². The van der Waals surface area contributed by atoms with Gasteiger partial charge in [0.25, 0.3) is 0 Å².